The molecule has 6 nitrogen and oxygen atoms in total. The number of nitrogens with zero attached hydrogens (tertiary/aromatic N) is 2. The number of rotatable bonds is 7. The molecule has 1 amide bonds. The van der Waals surface area contributed by atoms with E-state index in [4.69, 9.17) is 0 Å². The Morgan fingerprint density at radius 3 is 2.20 bits per heavy atom. The summed E-state index contributed by atoms with van der Waals surface area (Å²) in [5.41, 5.74) is 4.16. The summed E-state index contributed by atoms with van der Waals surface area (Å²) in [6.45, 7) is 3.91. The van der Waals surface area contributed by atoms with Crippen LogP contribution in [0.15, 0.2) is 78.9 Å². The number of halogens is 2. The molecular formula is C27H23F2N5O. The van der Waals surface area contributed by atoms with Gasteiger partial charge in [0.1, 0.15) is 17.5 Å². The third kappa shape index (κ3) is 6.70. The van der Waals surface area contributed by atoms with E-state index in [0.717, 1.165) is 41.3 Å². The molecule has 0 spiro atoms. The molecule has 3 N–H and O–H groups in total. The zero-order valence-electron chi connectivity index (χ0n) is 19.1. The van der Waals surface area contributed by atoms with Gasteiger partial charge in [0.2, 0.25) is 11.9 Å². The van der Waals surface area contributed by atoms with E-state index in [1.807, 2.05) is 44.2 Å². The van der Waals surface area contributed by atoms with Gasteiger partial charge in [0.25, 0.3) is 0 Å². The molecule has 0 aliphatic heterocycles. The van der Waals surface area contributed by atoms with E-state index in [2.05, 4.69) is 25.9 Å². The van der Waals surface area contributed by atoms with Crippen molar-refractivity contribution in [2.75, 3.05) is 16.0 Å². The average molecular weight is 472 g/mol. The molecule has 8 heteroatoms. The van der Waals surface area contributed by atoms with Gasteiger partial charge in [-0.2, -0.15) is 4.98 Å². The molecule has 0 atom stereocenters. The Kier molecular flexibility index (Phi) is 7.11. The second-order valence-corrected chi connectivity index (χ2v) is 7.90. The van der Waals surface area contributed by atoms with Crippen molar-refractivity contribution in [3.8, 4) is 0 Å². The van der Waals surface area contributed by atoms with Crippen LogP contribution in [0.3, 0.4) is 0 Å². The molecule has 4 aromatic rings. The topological polar surface area (TPSA) is 78.9 Å². The van der Waals surface area contributed by atoms with Crippen LogP contribution in [-0.2, 0) is 4.79 Å². The zero-order chi connectivity index (χ0) is 24.8. The summed E-state index contributed by atoms with van der Waals surface area (Å²) in [5.74, 6) is -0.562. The maximum atomic E-state index is 13.7. The minimum absolute atomic E-state index is 0.00363. The minimum atomic E-state index is -0.608. The maximum Gasteiger partial charge on any atom is 0.248 e. The molecule has 0 saturated heterocycles. The van der Waals surface area contributed by atoms with Gasteiger partial charge in [-0.25, -0.2) is 13.8 Å². The first-order chi connectivity index (χ1) is 16.8. The van der Waals surface area contributed by atoms with E-state index in [9.17, 15) is 13.6 Å². The number of anilines is 5. The van der Waals surface area contributed by atoms with Crippen LogP contribution < -0.4 is 16.0 Å². The van der Waals surface area contributed by atoms with E-state index >= 15 is 0 Å². The van der Waals surface area contributed by atoms with Gasteiger partial charge in [-0.1, -0.05) is 17.7 Å². The molecule has 1 heterocycles. The standard InChI is InChI=1S/C27H23F2N5O/c1-17-3-7-23(8-4-17)33-27-30-18(2)15-25(34-27)31-21-9-11-22(12-10-21)32-26(35)14-5-19-16-20(28)6-13-24(19)29/h3-16H,1-2H3,(H,32,35)(H2,30,31,33,34)/b14-5+. The molecule has 1 aromatic heterocycles. The lowest BCUT2D eigenvalue weighted by Gasteiger charge is -2.11. The lowest BCUT2D eigenvalue weighted by molar-refractivity contribution is -0.111. The number of hydrogen-bond acceptors (Lipinski definition) is 5. The fourth-order valence-electron chi connectivity index (χ4n) is 3.23. The van der Waals surface area contributed by atoms with Crippen LogP contribution in [0.4, 0.5) is 37.6 Å². The Morgan fingerprint density at radius 2 is 1.46 bits per heavy atom. The molecule has 35 heavy (non-hydrogen) atoms. The summed E-state index contributed by atoms with van der Waals surface area (Å²) in [4.78, 5) is 21.1. The summed E-state index contributed by atoms with van der Waals surface area (Å²) in [5, 5.41) is 9.10. The van der Waals surface area contributed by atoms with Crippen molar-refractivity contribution in [1.82, 2.24) is 9.97 Å². The molecule has 0 unspecified atom stereocenters. The quantitative estimate of drug-likeness (QED) is 0.268. The van der Waals surface area contributed by atoms with E-state index in [0.29, 0.717) is 17.5 Å². The summed E-state index contributed by atoms with van der Waals surface area (Å²) < 4.78 is 26.9. The summed E-state index contributed by atoms with van der Waals surface area (Å²) >= 11 is 0. The van der Waals surface area contributed by atoms with Crippen molar-refractivity contribution in [2.45, 2.75) is 13.8 Å². The van der Waals surface area contributed by atoms with E-state index < -0.39 is 17.5 Å². The van der Waals surface area contributed by atoms with E-state index in [1.54, 1.807) is 24.3 Å². The first kappa shape index (κ1) is 23.6. The Labute approximate surface area is 201 Å². The molecule has 176 valence electrons. The van der Waals surface area contributed by atoms with Crippen molar-refractivity contribution < 1.29 is 13.6 Å². The highest BCUT2D eigenvalue weighted by Crippen LogP contribution is 2.21. The lowest BCUT2D eigenvalue weighted by Crippen LogP contribution is -2.07. The van der Waals surface area contributed by atoms with Gasteiger partial charge in [0, 0.05) is 40.5 Å². The van der Waals surface area contributed by atoms with Gasteiger partial charge in [0.15, 0.2) is 0 Å². The largest absolute Gasteiger partial charge is 0.340 e. The molecule has 0 aliphatic rings. The predicted octanol–water partition coefficient (Wildman–Crippen LogP) is 6.51. The Hall–Kier alpha value is -4.59. The third-order valence-electron chi connectivity index (χ3n) is 4.96. The lowest BCUT2D eigenvalue weighted by atomic mass is 10.2. The third-order valence-corrected chi connectivity index (χ3v) is 4.96. The smallest absolute Gasteiger partial charge is 0.248 e. The van der Waals surface area contributed by atoms with Gasteiger partial charge >= 0.3 is 0 Å². The first-order valence-corrected chi connectivity index (χ1v) is 10.8. The van der Waals surface area contributed by atoms with Crippen LogP contribution in [0.5, 0.6) is 0 Å². The Balaban J connectivity index is 1.38. The van der Waals surface area contributed by atoms with Crippen LogP contribution in [0.2, 0.25) is 0 Å². The average Bonchev–Trinajstić information content (AvgIpc) is 2.82. The van der Waals surface area contributed by atoms with Gasteiger partial charge in [-0.05, 0) is 74.5 Å². The van der Waals surface area contributed by atoms with Crippen molar-refractivity contribution >= 4 is 40.8 Å². The molecule has 0 bridgehead atoms. The van der Waals surface area contributed by atoms with Crippen molar-refractivity contribution in [3.05, 3.63) is 107 Å². The Morgan fingerprint density at radius 1 is 0.800 bits per heavy atom. The van der Waals surface area contributed by atoms with Crippen LogP contribution in [0, 0.1) is 25.5 Å². The van der Waals surface area contributed by atoms with Gasteiger partial charge in [-0.3, -0.25) is 4.79 Å². The highest BCUT2D eigenvalue weighted by Gasteiger charge is 2.06. The van der Waals surface area contributed by atoms with Gasteiger partial charge in [-0.15, -0.1) is 0 Å². The molecular weight excluding hydrogens is 448 g/mol. The van der Waals surface area contributed by atoms with Crippen LogP contribution >= 0.6 is 0 Å². The van der Waals surface area contributed by atoms with Crippen LogP contribution in [-0.4, -0.2) is 15.9 Å². The van der Waals surface area contributed by atoms with Crippen molar-refractivity contribution in [1.29, 1.82) is 0 Å². The molecule has 4 rings (SSSR count). The number of carbonyl (C=O) groups is 1. The predicted molar refractivity (Wildman–Crippen MR) is 135 cm³/mol. The number of amides is 1. The number of aromatic nitrogens is 2. The normalized spacial score (nSPS) is 10.9. The fourth-order valence-corrected chi connectivity index (χ4v) is 3.23. The zero-order valence-corrected chi connectivity index (χ0v) is 19.1. The minimum Gasteiger partial charge on any atom is -0.340 e. The van der Waals surface area contributed by atoms with E-state index in [-0.39, 0.29) is 5.56 Å². The van der Waals surface area contributed by atoms with Gasteiger partial charge in [0.05, 0.1) is 0 Å². The second-order valence-electron chi connectivity index (χ2n) is 7.90. The molecule has 0 aliphatic carbocycles. The number of hydrogen-bond donors (Lipinski definition) is 3. The molecule has 0 fully saturated rings. The number of nitrogens with one attached hydrogen (secondary N) is 3. The van der Waals surface area contributed by atoms with Crippen LogP contribution in [0.25, 0.3) is 6.08 Å². The van der Waals surface area contributed by atoms with Crippen molar-refractivity contribution in [2.24, 2.45) is 0 Å². The first-order valence-electron chi connectivity index (χ1n) is 10.8. The SMILES string of the molecule is Cc1ccc(Nc2nc(C)cc(Nc3ccc(NC(=O)/C=C/c4cc(F)ccc4F)cc3)n2)cc1. The molecule has 0 saturated carbocycles. The molecule has 3 aromatic carbocycles. The summed E-state index contributed by atoms with van der Waals surface area (Å²) in [6.07, 6.45) is 2.37. The highest BCUT2D eigenvalue weighted by molar-refractivity contribution is 6.02. The van der Waals surface area contributed by atoms with Crippen LogP contribution in [0.1, 0.15) is 16.8 Å². The highest BCUT2D eigenvalue weighted by atomic mass is 19.1. The monoisotopic (exact) mass is 471 g/mol. The van der Waals surface area contributed by atoms with E-state index in [1.165, 1.54) is 11.6 Å². The van der Waals surface area contributed by atoms with Gasteiger partial charge < -0.3 is 16.0 Å². The second kappa shape index (κ2) is 10.6. The molecule has 0 radical (unpaired) electrons. The number of carbonyl (C=O) groups excluding carboxylic acids is 1. The number of aryl methyl sites for hydroxylation is 2. The Bertz CT molecular complexity index is 1370. The number of benzene rings is 3. The fraction of sp³-hybridized carbons (Fsp3) is 0.0741. The summed E-state index contributed by atoms with van der Waals surface area (Å²) in [6, 6.07) is 19.8. The maximum absolute atomic E-state index is 13.7. The summed E-state index contributed by atoms with van der Waals surface area (Å²) in [7, 11) is 0. The van der Waals surface area contributed by atoms with Crippen molar-refractivity contribution in [3.63, 3.8) is 0 Å².